The molecule has 88 valence electrons. The van der Waals surface area contributed by atoms with Crippen LogP contribution in [0.5, 0.6) is 0 Å². The molecule has 1 saturated heterocycles. The van der Waals surface area contributed by atoms with Crippen molar-refractivity contribution in [1.29, 1.82) is 0 Å². The van der Waals surface area contributed by atoms with Crippen molar-refractivity contribution >= 4 is 0 Å². The first kappa shape index (κ1) is 11.4. The first-order valence-corrected chi connectivity index (χ1v) is 6.61. The maximum Gasteiger partial charge on any atom is 0.0462 e. The maximum atomic E-state index is 5.17. The summed E-state index contributed by atoms with van der Waals surface area (Å²) in [4.78, 5) is 0. The topological polar surface area (TPSA) is 21.3 Å². The summed E-state index contributed by atoms with van der Waals surface area (Å²) in [6.07, 6.45) is 8.60. The molecule has 1 unspecified atom stereocenters. The van der Waals surface area contributed by atoms with E-state index >= 15 is 0 Å². The second kappa shape index (κ2) is 5.86. The molecule has 1 aliphatic heterocycles. The van der Waals surface area contributed by atoms with Crippen LogP contribution in [-0.2, 0) is 4.74 Å². The van der Waals surface area contributed by atoms with E-state index in [4.69, 9.17) is 4.74 Å². The standard InChI is InChI=1S/C13H25NO/c1-15-8-4-7-13(12-9-14-10-12)11-5-2-3-6-11/h11-14H,2-10H2,1H3. The normalized spacial score (nSPS) is 25.4. The zero-order valence-electron chi connectivity index (χ0n) is 10.0. The Morgan fingerprint density at radius 2 is 1.93 bits per heavy atom. The summed E-state index contributed by atoms with van der Waals surface area (Å²) in [5, 5.41) is 3.42. The van der Waals surface area contributed by atoms with Gasteiger partial charge in [0.15, 0.2) is 0 Å². The van der Waals surface area contributed by atoms with E-state index in [0.717, 1.165) is 24.4 Å². The number of ether oxygens (including phenoxy) is 1. The fraction of sp³-hybridized carbons (Fsp3) is 1.00. The van der Waals surface area contributed by atoms with Crippen molar-refractivity contribution in [3.8, 4) is 0 Å². The van der Waals surface area contributed by atoms with Gasteiger partial charge in [-0.15, -0.1) is 0 Å². The molecule has 2 aliphatic rings. The maximum absolute atomic E-state index is 5.17. The Morgan fingerprint density at radius 1 is 1.20 bits per heavy atom. The molecule has 0 aromatic rings. The van der Waals surface area contributed by atoms with E-state index in [1.54, 1.807) is 0 Å². The predicted octanol–water partition coefficient (Wildman–Crippen LogP) is 2.44. The molecule has 0 bridgehead atoms. The van der Waals surface area contributed by atoms with Crippen LogP contribution in [0.3, 0.4) is 0 Å². The summed E-state index contributed by atoms with van der Waals surface area (Å²) in [6.45, 7) is 3.49. The molecule has 2 heteroatoms. The zero-order chi connectivity index (χ0) is 10.5. The second-order valence-electron chi connectivity index (χ2n) is 5.26. The van der Waals surface area contributed by atoms with E-state index in [0.29, 0.717) is 0 Å². The largest absolute Gasteiger partial charge is 0.385 e. The molecule has 1 atom stereocenters. The summed E-state index contributed by atoms with van der Waals surface area (Å²) in [6, 6.07) is 0. The van der Waals surface area contributed by atoms with Gasteiger partial charge in [-0.3, -0.25) is 0 Å². The third kappa shape index (κ3) is 2.94. The molecule has 0 aromatic heterocycles. The number of hydrogen-bond donors (Lipinski definition) is 1. The monoisotopic (exact) mass is 211 g/mol. The number of rotatable bonds is 6. The molecule has 1 N–H and O–H groups in total. The van der Waals surface area contributed by atoms with E-state index in [1.807, 2.05) is 7.11 Å². The fourth-order valence-electron chi connectivity index (χ4n) is 3.32. The molecular weight excluding hydrogens is 186 g/mol. The number of nitrogens with one attached hydrogen (secondary N) is 1. The van der Waals surface area contributed by atoms with Gasteiger partial charge < -0.3 is 10.1 Å². The van der Waals surface area contributed by atoms with Crippen molar-refractivity contribution in [1.82, 2.24) is 5.32 Å². The Kier molecular flexibility index (Phi) is 4.45. The van der Waals surface area contributed by atoms with Crippen molar-refractivity contribution in [2.75, 3.05) is 26.8 Å². The lowest BCUT2D eigenvalue weighted by atomic mass is 9.75. The predicted molar refractivity (Wildman–Crippen MR) is 62.9 cm³/mol. The number of hydrogen-bond acceptors (Lipinski definition) is 2. The average molecular weight is 211 g/mol. The molecule has 2 fully saturated rings. The van der Waals surface area contributed by atoms with Crippen LogP contribution < -0.4 is 5.32 Å². The van der Waals surface area contributed by atoms with Gasteiger partial charge in [-0.25, -0.2) is 0 Å². The minimum atomic E-state index is 0.948. The lowest BCUT2D eigenvalue weighted by molar-refractivity contribution is 0.131. The Morgan fingerprint density at radius 3 is 2.47 bits per heavy atom. The van der Waals surface area contributed by atoms with E-state index in [1.165, 1.54) is 51.6 Å². The van der Waals surface area contributed by atoms with E-state index in [2.05, 4.69) is 5.32 Å². The van der Waals surface area contributed by atoms with E-state index < -0.39 is 0 Å². The molecule has 15 heavy (non-hydrogen) atoms. The molecule has 0 radical (unpaired) electrons. The molecule has 2 rings (SSSR count). The smallest absolute Gasteiger partial charge is 0.0462 e. The summed E-state index contributed by atoms with van der Waals surface area (Å²) in [7, 11) is 1.81. The van der Waals surface area contributed by atoms with Crippen LogP contribution in [-0.4, -0.2) is 26.8 Å². The van der Waals surface area contributed by atoms with Crippen molar-refractivity contribution in [3.05, 3.63) is 0 Å². The first-order valence-electron chi connectivity index (χ1n) is 6.61. The third-order valence-electron chi connectivity index (χ3n) is 4.31. The van der Waals surface area contributed by atoms with Crippen LogP contribution in [0.25, 0.3) is 0 Å². The lowest BCUT2D eigenvalue weighted by Gasteiger charge is -2.38. The molecule has 1 aliphatic carbocycles. The highest BCUT2D eigenvalue weighted by Gasteiger charge is 2.33. The first-order chi connectivity index (χ1) is 7.42. The summed E-state index contributed by atoms with van der Waals surface area (Å²) in [5.41, 5.74) is 0. The summed E-state index contributed by atoms with van der Waals surface area (Å²) < 4.78 is 5.17. The van der Waals surface area contributed by atoms with Gasteiger partial charge >= 0.3 is 0 Å². The van der Waals surface area contributed by atoms with Crippen molar-refractivity contribution in [3.63, 3.8) is 0 Å². The molecule has 0 aromatic carbocycles. The van der Waals surface area contributed by atoms with Crippen molar-refractivity contribution in [2.24, 2.45) is 17.8 Å². The van der Waals surface area contributed by atoms with Crippen LogP contribution in [0.15, 0.2) is 0 Å². The SMILES string of the molecule is COCCCC(C1CCCC1)C1CNC1. The highest BCUT2D eigenvalue weighted by Crippen LogP contribution is 2.38. The zero-order valence-corrected chi connectivity index (χ0v) is 10.0. The van der Waals surface area contributed by atoms with Crippen LogP contribution in [0, 0.1) is 17.8 Å². The molecular formula is C13H25NO. The minimum Gasteiger partial charge on any atom is -0.385 e. The van der Waals surface area contributed by atoms with Gasteiger partial charge in [-0.1, -0.05) is 25.7 Å². The average Bonchev–Trinajstić information content (AvgIpc) is 2.66. The third-order valence-corrected chi connectivity index (χ3v) is 4.31. The van der Waals surface area contributed by atoms with Gasteiger partial charge in [0, 0.05) is 13.7 Å². The van der Waals surface area contributed by atoms with Crippen molar-refractivity contribution < 1.29 is 4.74 Å². The summed E-state index contributed by atoms with van der Waals surface area (Å²) in [5.74, 6) is 3.00. The van der Waals surface area contributed by atoms with Crippen LogP contribution in [0.2, 0.25) is 0 Å². The highest BCUT2D eigenvalue weighted by atomic mass is 16.5. The van der Waals surface area contributed by atoms with Crippen LogP contribution in [0.1, 0.15) is 38.5 Å². The molecule has 1 saturated carbocycles. The lowest BCUT2D eigenvalue weighted by Crippen LogP contribution is -2.47. The van der Waals surface area contributed by atoms with Gasteiger partial charge in [-0.05, 0) is 43.7 Å². The number of methoxy groups -OCH3 is 1. The minimum absolute atomic E-state index is 0.948. The Bertz CT molecular complexity index is 173. The molecule has 1 heterocycles. The second-order valence-corrected chi connectivity index (χ2v) is 5.26. The molecule has 0 spiro atoms. The molecule has 2 nitrogen and oxygen atoms in total. The summed E-state index contributed by atoms with van der Waals surface area (Å²) >= 11 is 0. The van der Waals surface area contributed by atoms with Crippen LogP contribution >= 0.6 is 0 Å². The van der Waals surface area contributed by atoms with E-state index in [-0.39, 0.29) is 0 Å². The highest BCUT2D eigenvalue weighted by molar-refractivity contribution is 4.87. The van der Waals surface area contributed by atoms with E-state index in [9.17, 15) is 0 Å². The Balaban J connectivity index is 1.78. The molecule has 0 amide bonds. The Hall–Kier alpha value is -0.0800. The van der Waals surface area contributed by atoms with Crippen molar-refractivity contribution in [2.45, 2.75) is 38.5 Å². The van der Waals surface area contributed by atoms with Gasteiger partial charge in [0.1, 0.15) is 0 Å². The fourth-order valence-corrected chi connectivity index (χ4v) is 3.32. The Labute approximate surface area is 93.8 Å². The van der Waals surface area contributed by atoms with Gasteiger partial charge in [0.05, 0.1) is 0 Å². The van der Waals surface area contributed by atoms with Gasteiger partial charge in [-0.2, -0.15) is 0 Å². The van der Waals surface area contributed by atoms with Gasteiger partial charge in [0.25, 0.3) is 0 Å². The van der Waals surface area contributed by atoms with Crippen LogP contribution in [0.4, 0.5) is 0 Å². The van der Waals surface area contributed by atoms with Gasteiger partial charge in [0.2, 0.25) is 0 Å². The quantitative estimate of drug-likeness (QED) is 0.681.